The first-order chi connectivity index (χ1) is 8.63. The van der Waals surface area contributed by atoms with Gasteiger partial charge in [0.05, 0.1) is 16.6 Å². The number of hydrazine groups is 1. The van der Waals surface area contributed by atoms with Crippen LogP contribution < -0.4 is 11.3 Å². The van der Waals surface area contributed by atoms with Crippen molar-refractivity contribution in [2.45, 2.75) is 25.8 Å². The summed E-state index contributed by atoms with van der Waals surface area (Å²) in [4.78, 5) is 1.05. The molecule has 0 aliphatic carbocycles. The van der Waals surface area contributed by atoms with E-state index in [1.165, 1.54) is 11.5 Å². The Morgan fingerprint density at radius 3 is 2.50 bits per heavy atom. The summed E-state index contributed by atoms with van der Waals surface area (Å²) in [5.74, 6) is 5.99. The summed E-state index contributed by atoms with van der Waals surface area (Å²) in [6.45, 7) is 4.19. The molecule has 0 aliphatic heterocycles. The molecule has 6 heteroatoms. The van der Waals surface area contributed by atoms with Crippen LogP contribution in [0.15, 0.2) is 24.3 Å². The average molecular weight is 283 g/mol. The Hall–Kier alpha value is -1.01. The third-order valence-corrected chi connectivity index (χ3v) is 3.78. The minimum atomic E-state index is -0.0975. The van der Waals surface area contributed by atoms with Crippen molar-refractivity contribution in [2.24, 2.45) is 5.84 Å². The third kappa shape index (κ3) is 2.70. The van der Waals surface area contributed by atoms with Crippen molar-refractivity contribution < 1.29 is 0 Å². The van der Waals surface area contributed by atoms with Gasteiger partial charge < -0.3 is 0 Å². The highest BCUT2D eigenvalue weighted by molar-refractivity contribution is 7.05. The maximum atomic E-state index is 5.89. The number of aromatic nitrogens is 2. The lowest BCUT2D eigenvalue weighted by molar-refractivity contribution is 0.631. The van der Waals surface area contributed by atoms with Gasteiger partial charge in [-0.15, -0.1) is 5.10 Å². The van der Waals surface area contributed by atoms with Crippen molar-refractivity contribution >= 4 is 23.1 Å². The van der Waals surface area contributed by atoms with E-state index in [-0.39, 0.29) is 6.04 Å². The van der Waals surface area contributed by atoms with Crippen molar-refractivity contribution in [2.75, 3.05) is 0 Å². The Kier molecular flexibility index (Phi) is 4.29. The summed E-state index contributed by atoms with van der Waals surface area (Å²) in [6.07, 6.45) is 0. The van der Waals surface area contributed by atoms with Gasteiger partial charge in [-0.05, 0) is 35.1 Å². The molecule has 0 fully saturated rings. The largest absolute Gasteiger partial charge is 0.271 e. The van der Waals surface area contributed by atoms with Crippen molar-refractivity contribution in [3.05, 3.63) is 45.4 Å². The molecule has 1 heterocycles. The van der Waals surface area contributed by atoms with E-state index >= 15 is 0 Å². The maximum absolute atomic E-state index is 5.89. The molecule has 0 spiro atoms. The molecule has 0 saturated carbocycles. The van der Waals surface area contributed by atoms with Crippen LogP contribution in [0.2, 0.25) is 5.02 Å². The van der Waals surface area contributed by atoms with Crippen LogP contribution in [-0.2, 0) is 0 Å². The van der Waals surface area contributed by atoms with E-state index in [9.17, 15) is 0 Å². The van der Waals surface area contributed by atoms with Crippen molar-refractivity contribution in [3.63, 3.8) is 0 Å². The Labute approximate surface area is 115 Å². The van der Waals surface area contributed by atoms with E-state index in [0.29, 0.717) is 10.9 Å². The van der Waals surface area contributed by atoms with Gasteiger partial charge in [-0.1, -0.05) is 42.1 Å². The monoisotopic (exact) mass is 282 g/mol. The molecule has 1 unspecified atom stereocenters. The van der Waals surface area contributed by atoms with E-state index in [1.54, 1.807) is 0 Å². The molecule has 18 heavy (non-hydrogen) atoms. The molecular formula is C12H15ClN4S. The maximum Gasteiger partial charge on any atom is 0.0837 e. The minimum Gasteiger partial charge on any atom is -0.271 e. The molecular weight excluding hydrogens is 268 g/mol. The van der Waals surface area contributed by atoms with Crippen molar-refractivity contribution in [3.8, 4) is 0 Å². The Morgan fingerprint density at radius 2 is 1.94 bits per heavy atom. The third-order valence-electron chi connectivity index (χ3n) is 2.72. The number of nitrogens with zero attached hydrogens (tertiary/aromatic N) is 2. The summed E-state index contributed by atoms with van der Waals surface area (Å²) >= 11 is 7.27. The lowest BCUT2D eigenvalue weighted by atomic mass is 10.0. The topological polar surface area (TPSA) is 63.8 Å². The lowest BCUT2D eigenvalue weighted by Crippen LogP contribution is -2.29. The van der Waals surface area contributed by atoms with Crippen molar-refractivity contribution in [1.29, 1.82) is 0 Å². The fourth-order valence-electron chi connectivity index (χ4n) is 1.78. The summed E-state index contributed by atoms with van der Waals surface area (Å²) in [6, 6.07) is 7.52. The van der Waals surface area contributed by atoms with Gasteiger partial charge in [-0.25, -0.2) is 5.43 Å². The van der Waals surface area contributed by atoms with Crippen LogP contribution in [-0.4, -0.2) is 9.59 Å². The minimum absolute atomic E-state index is 0.0975. The number of hydrogen-bond acceptors (Lipinski definition) is 5. The van der Waals surface area contributed by atoms with E-state index in [4.69, 9.17) is 17.4 Å². The van der Waals surface area contributed by atoms with Gasteiger partial charge >= 0.3 is 0 Å². The number of halogens is 1. The lowest BCUT2D eigenvalue weighted by Gasteiger charge is -2.16. The molecule has 3 N–H and O–H groups in total. The van der Waals surface area contributed by atoms with Crippen LogP contribution in [0, 0.1) is 0 Å². The molecule has 0 saturated heterocycles. The van der Waals surface area contributed by atoms with Gasteiger partial charge in [-0.2, -0.15) is 0 Å². The molecule has 4 nitrogen and oxygen atoms in total. The van der Waals surface area contributed by atoms with Gasteiger partial charge in [-0.3, -0.25) is 5.84 Å². The molecule has 0 amide bonds. The number of rotatable bonds is 4. The second-order valence-corrected chi connectivity index (χ2v) is 5.55. The smallest absolute Gasteiger partial charge is 0.0837 e. The summed E-state index contributed by atoms with van der Waals surface area (Å²) < 4.78 is 4.03. The predicted molar refractivity (Wildman–Crippen MR) is 74.6 cm³/mol. The fourth-order valence-corrected chi connectivity index (χ4v) is 2.81. The zero-order valence-electron chi connectivity index (χ0n) is 10.2. The molecule has 0 bridgehead atoms. The number of nitrogens with two attached hydrogens (primary N) is 1. The van der Waals surface area contributed by atoms with Gasteiger partial charge in [0, 0.05) is 5.02 Å². The van der Waals surface area contributed by atoms with Gasteiger partial charge in [0.15, 0.2) is 0 Å². The van der Waals surface area contributed by atoms with Crippen LogP contribution >= 0.6 is 23.1 Å². The zero-order chi connectivity index (χ0) is 13.1. The van der Waals surface area contributed by atoms with Crippen LogP contribution in [0.25, 0.3) is 0 Å². The molecule has 2 rings (SSSR count). The quantitative estimate of drug-likeness (QED) is 0.669. The van der Waals surface area contributed by atoms with Crippen LogP contribution in [0.1, 0.15) is 41.9 Å². The summed E-state index contributed by atoms with van der Waals surface area (Å²) in [7, 11) is 0. The molecule has 1 atom stereocenters. The molecule has 1 aromatic carbocycles. The van der Waals surface area contributed by atoms with E-state index in [1.807, 2.05) is 24.3 Å². The SMILES string of the molecule is CC(C)c1nnsc1C(NN)c1ccc(Cl)cc1. The molecule has 1 aromatic heterocycles. The first kappa shape index (κ1) is 13.4. The van der Waals surface area contributed by atoms with E-state index in [2.05, 4.69) is 28.9 Å². The highest BCUT2D eigenvalue weighted by atomic mass is 35.5. The molecule has 2 aromatic rings. The Bertz CT molecular complexity index is 509. The summed E-state index contributed by atoms with van der Waals surface area (Å²) in [5, 5.41) is 4.88. The first-order valence-electron chi connectivity index (χ1n) is 5.67. The summed E-state index contributed by atoms with van der Waals surface area (Å²) in [5.41, 5.74) is 4.86. The number of hydrogen-bond donors (Lipinski definition) is 2. The van der Waals surface area contributed by atoms with Crippen LogP contribution in [0.5, 0.6) is 0 Å². The highest BCUT2D eigenvalue weighted by Gasteiger charge is 2.21. The van der Waals surface area contributed by atoms with Crippen LogP contribution in [0.4, 0.5) is 0 Å². The van der Waals surface area contributed by atoms with Crippen molar-refractivity contribution in [1.82, 2.24) is 15.0 Å². The highest BCUT2D eigenvalue weighted by Crippen LogP contribution is 2.30. The predicted octanol–water partition coefficient (Wildman–Crippen LogP) is 2.87. The second kappa shape index (κ2) is 5.75. The van der Waals surface area contributed by atoms with E-state index in [0.717, 1.165) is 16.1 Å². The Morgan fingerprint density at radius 1 is 1.28 bits per heavy atom. The molecule has 0 radical (unpaired) electrons. The zero-order valence-corrected chi connectivity index (χ0v) is 11.8. The van der Waals surface area contributed by atoms with E-state index < -0.39 is 0 Å². The normalized spacial score (nSPS) is 12.9. The van der Waals surface area contributed by atoms with Gasteiger partial charge in [0.25, 0.3) is 0 Å². The van der Waals surface area contributed by atoms with Crippen LogP contribution in [0.3, 0.4) is 0 Å². The number of nitrogens with one attached hydrogen (secondary N) is 1. The number of benzene rings is 1. The average Bonchev–Trinajstić information content (AvgIpc) is 2.82. The van der Waals surface area contributed by atoms with Gasteiger partial charge in [0.2, 0.25) is 0 Å². The first-order valence-corrected chi connectivity index (χ1v) is 6.82. The van der Waals surface area contributed by atoms with Gasteiger partial charge in [0.1, 0.15) is 0 Å². The molecule has 0 aliphatic rings. The Balaban J connectivity index is 2.39. The second-order valence-electron chi connectivity index (χ2n) is 4.33. The standard InChI is InChI=1S/C12H15ClN4S/c1-7(2)10-12(18-17-16-10)11(15-14)8-3-5-9(13)6-4-8/h3-7,11,15H,14H2,1-2H3. The molecule has 96 valence electrons. The fraction of sp³-hybridized carbons (Fsp3) is 0.333.